The lowest BCUT2D eigenvalue weighted by molar-refractivity contribution is -0.133. The fraction of sp³-hybridized carbons (Fsp3) is 0.438. The van der Waals surface area contributed by atoms with Crippen LogP contribution in [0.5, 0.6) is 5.75 Å². The highest BCUT2D eigenvalue weighted by Gasteiger charge is 2.29. The van der Waals surface area contributed by atoms with Crippen LogP contribution in [0, 0.1) is 5.92 Å². The Labute approximate surface area is 257 Å². The average Bonchev–Trinajstić information content (AvgIpc) is 3.44. The number of nitrogens with one attached hydrogen (secondary N) is 3. The number of carbonyl (C=O) groups is 4. The Hall–Kier alpha value is -4.74. The summed E-state index contributed by atoms with van der Waals surface area (Å²) >= 11 is 0. The quantitative estimate of drug-likeness (QED) is 0.409. The van der Waals surface area contributed by atoms with Gasteiger partial charge in [-0.1, -0.05) is 61.5 Å². The SMILES string of the molecule is CC(=O)N1CCNC(=O)[C@H](Cc2ccccc2)NC(=O)[C@@H](C(C)C)NC(=O)Cc2cccc(c2)OCCn2cc(nn2)CC1. The van der Waals surface area contributed by atoms with Gasteiger partial charge in [-0.3, -0.25) is 19.2 Å². The number of hydrogen-bond donors (Lipinski definition) is 3. The second kappa shape index (κ2) is 15.6. The molecule has 12 nitrogen and oxygen atoms in total. The van der Waals surface area contributed by atoms with E-state index in [9.17, 15) is 19.2 Å². The summed E-state index contributed by atoms with van der Waals surface area (Å²) in [5.74, 6) is -0.894. The Kier molecular flexibility index (Phi) is 11.4. The minimum atomic E-state index is -0.890. The van der Waals surface area contributed by atoms with Crippen LogP contribution in [0.1, 0.15) is 37.6 Å². The number of aromatic nitrogens is 3. The third-order valence-electron chi connectivity index (χ3n) is 7.38. The van der Waals surface area contributed by atoms with Crippen LogP contribution in [-0.4, -0.2) is 81.8 Å². The van der Waals surface area contributed by atoms with Crippen molar-refractivity contribution in [2.45, 2.75) is 58.7 Å². The molecule has 1 aliphatic heterocycles. The predicted octanol–water partition coefficient (Wildman–Crippen LogP) is 1.29. The van der Waals surface area contributed by atoms with Gasteiger partial charge in [0, 0.05) is 45.6 Å². The van der Waals surface area contributed by atoms with Crippen LogP contribution >= 0.6 is 0 Å². The molecule has 0 saturated carbocycles. The Balaban J connectivity index is 1.56. The molecule has 0 aliphatic carbocycles. The number of carbonyl (C=O) groups excluding carboxylic acids is 4. The third kappa shape index (κ3) is 9.65. The number of amides is 4. The smallest absolute Gasteiger partial charge is 0.243 e. The maximum atomic E-state index is 13.5. The molecule has 4 amide bonds. The lowest BCUT2D eigenvalue weighted by atomic mass is 10.0. The van der Waals surface area contributed by atoms with Gasteiger partial charge in [-0.2, -0.15) is 0 Å². The van der Waals surface area contributed by atoms with Crippen LogP contribution in [0.3, 0.4) is 0 Å². The minimum absolute atomic E-state index is 0.0563. The molecule has 0 radical (unpaired) electrons. The van der Waals surface area contributed by atoms with Crippen molar-refractivity contribution in [1.29, 1.82) is 0 Å². The van der Waals surface area contributed by atoms with Gasteiger partial charge in [0.15, 0.2) is 0 Å². The Morgan fingerprint density at radius 2 is 1.80 bits per heavy atom. The molecular formula is C32H41N7O5. The summed E-state index contributed by atoms with van der Waals surface area (Å²) in [4.78, 5) is 53.9. The topological polar surface area (TPSA) is 148 Å². The molecule has 0 unspecified atom stereocenters. The van der Waals surface area contributed by atoms with Crippen molar-refractivity contribution >= 4 is 23.6 Å². The number of ether oxygens (including phenoxy) is 1. The van der Waals surface area contributed by atoms with Gasteiger partial charge in [0.05, 0.1) is 18.7 Å². The zero-order chi connectivity index (χ0) is 31.5. The molecule has 2 heterocycles. The normalized spacial score (nSPS) is 19.4. The summed E-state index contributed by atoms with van der Waals surface area (Å²) in [6, 6.07) is 14.9. The van der Waals surface area contributed by atoms with E-state index in [0.29, 0.717) is 31.9 Å². The fourth-order valence-corrected chi connectivity index (χ4v) is 4.94. The van der Waals surface area contributed by atoms with Crippen molar-refractivity contribution < 1.29 is 23.9 Å². The molecule has 12 heteroatoms. The average molecular weight is 604 g/mol. The molecule has 2 aromatic carbocycles. The first-order valence-electron chi connectivity index (χ1n) is 15.0. The molecule has 0 fully saturated rings. The van der Waals surface area contributed by atoms with Gasteiger partial charge >= 0.3 is 0 Å². The van der Waals surface area contributed by atoms with Crippen LogP contribution in [0.15, 0.2) is 60.8 Å². The van der Waals surface area contributed by atoms with Crippen LogP contribution in [0.4, 0.5) is 0 Å². The van der Waals surface area contributed by atoms with E-state index in [4.69, 9.17) is 4.74 Å². The molecule has 4 bridgehead atoms. The van der Waals surface area contributed by atoms with E-state index < -0.39 is 18.0 Å². The molecule has 4 rings (SSSR count). The molecule has 2 atom stereocenters. The van der Waals surface area contributed by atoms with Crippen molar-refractivity contribution in [3.8, 4) is 5.75 Å². The van der Waals surface area contributed by atoms with Gasteiger partial charge in [0.25, 0.3) is 0 Å². The summed E-state index contributed by atoms with van der Waals surface area (Å²) in [7, 11) is 0. The standard InChI is InChI=1S/C32H41N7O5/c1-22(2)30-32(43)34-28(19-24-8-5-4-6-9-24)31(42)33-13-15-38(23(3)40)14-12-26-21-39(37-36-26)16-17-44-27-11-7-10-25(18-27)20-29(41)35-30/h4-11,18,21-22,28,30H,12-17,19-20H2,1-3H3,(H,33,42)(H,34,43)(H,35,41)/t28-,30+/m0/s1. The van der Waals surface area contributed by atoms with Gasteiger partial charge < -0.3 is 25.6 Å². The summed E-state index contributed by atoms with van der Waals surface area (Å²) in [6.07, 6.45) is 2.64. The molecule has 0 spiro atoms. The van der Waals surface area contributed by atoms with Crippen molar-refractivity contribution in [3.63, 3.8) is 0 Å². The highest BCUT2D eigenvalue weighted by Crippen LogP contribution is 2.15. The zero-order valence-electron chi connectivity index (χ0n) is 25.5. The largest absolute Gasteiger partial charge is 0.492 e. The Bertz CT molecular complexity index is 1430. The van der Waals surface area contributed by atoms with E-state index in [-0.39, 0.29) is 49.6 Å². The number of hydrogen-bond acceptors (Lipinski definition) is 7. The molecule has 234 valence electrons. The van der Waals surface area contributed by atoms with Crippen molar-refractivity contribution in [3.05, 3.63) is 77.6 Å². The number of fused-ring (bicyclic) bond motifs is 4. The second-order valence-corrected chi connectivity index (χ2v) is 11.2. The van der Waals surface area contributed by atoms with Crippen LogP contribution in [-0.2, 0) is 45.0 Å². The van der Waals surface area contributed by atoms with Gasteiger partial charge in [0.1, 0.15) is 24.4 Å². The number of benzene rings is 2. The summed E-state index contributed by atoms with van der Waals surface area (Å²) in [5, 5.41) is 17.0. The van der Waals surface area contributed by atoms with Crippen LogP contribution in [0.2, 0.25) is 0 Å². The molecular weight excluding hydrogens is 562 g/mol. The monoisotopic (exact) mass is 603 g/mol. The van der Waals surface area contributed by atoms with Gasteiger partial charge in [-0.25, -0.2) is 4.68 Å². The molecule has 0 saturated heterocycles. The number of rotatable bonds is 3. The van der Waals surface area contributed by atoms with E-state index in [0.717, 1.165) is 16.8 Å². The molecule has 3 aromatic rings. The molecule has 44 heavy (non-hydrogen) atoms. The van der Waals surface area contributed by atoms with E-state index >= 15 is 0 Å². The maximum Gasteiger partial charge on any atom is 0.243 e. The molecule has 1 aromatic heterocycles. The Morgan fingerprint density at radius 1 is 1.00 bits per heavy atom. The first kappa shape index (κ1) is 32.2. The van der Waals surface area contributed by atoms with Gasteiger partial charge in [-0.15, -0.1) is 5.10 Å². The van der Waals surface area contributed by atoms with Crippen LogP contribution < -0.4 is 20.7 Å². The van der Waals surface area contributed by atoms with E-state index in [1.165, 1.54) is 6.92 Å². The third-order valence-corrected chi connectivity index (χ3v) is 7.38. The minimum Gasteiger partial charge on any atom is -0.492 e. The summed E-state index contributed by atoms with van der Waals surface area (Å²) < 4.78 is 7.58. The second-order valence-electron chi connectivity index (χ2n) is 11.2. The fourth-order valence-electron chi connectivity index (χ4n) is 4.94. The van der Waals surface area contributed by atoms with E-state index in [1.54, 1.807) is 15.6 Å². The highest BCUT2D eigenvalue weighted by molar-refractivity contribution is 5.92. The van der Waals surface area contributed by atoms with Crippen molar-refractivity contribution in [2.75, 3.05) is 26.2 Å². The lowest BCUT2D eigenvalue weighted by Crippen LogP contribution is -2.56. The molecule has 3 N–H and O–H groups in total. The first-order valence-corrected chi connectivity index (χ1v) is 15.0. The van der Waals surface area contributed by atoms with E-state index in [1.807, 2.05) is 68.6 Å². The van der Waals surface area contributed by atoms with E-state index in [2.05, 4.69) is 26.3 Å². The summed E-state index contributed by atoms with van der Waals surface area (Å²) in [5.41, 5.74) is 2.34. The maximum absolute atomic E-state index is 13.5. The van der Waals surface area contributed by atoms with Crippen molar-refractivity contribution in [2.24, 2.45) is 5.92 Å². The first-order chi connectivity index (χ1) is 21.2. The highest BCUT2D eigenvalue weighted by atomic mass is 16.5. The van der Waals surface area contributed by atoms with Gasteiger partial charge in [0.2, 0.25) is 23.6 Å². The summed E-state index contributed by atoms with van der Waals surface area (Å²) in [6.45, 7) is 6.87. The number of nitrogens with zero attached hydrogens (tertiary/aromatic N) is 4. The van der Waals surface area contributed by atoms with Gasteiger partial charge in [-0.05, 0) is 29.2 Å². The predicted molar refractivity (Wildman–Crippen MR) is 163 cm³/mol. The lowest BCUT2D eigenvalue weighted by Gasteiger charge is -2.26. The van der Waals surface area contributed by atoms with Crippen molar-refractivity contribution in [1.82, 2.24) is 35.8 Å². The van der Waals surface area contributed by atoms with Crippen LogP contribution in [0.25, 0.3) is 0 Å². The Morgan fingerprint density at radius 3 is 2.55 bits per heavy atom. The zero-order valence-corrected chi connectivity index (χ0v) is 25.5. The molecule has 1 aliphatic rings.